The molecule has 0 saturated heterocycles. The van der Waals surface area contributed by atoms with Gasteiger partial charge in [-0.1, -0.05) is 66.2 Å². The first-order valence-corrected chi connectivity index (χ1v) is 4.99. The zero-order chi connectivity index (χ0) is 10.9. The first kappa shape index (κ1) is 11.5. The van der Waals surface area contributed by atoms with Crippen LogP contribution in [0.25, 0.3) is 0 Å². The molecule has 0 saturated carbocycles. The second-order valence-electron chi connectivity index (χ2n) is 3.30. The highest BCUT2D eigenvalue weighted by Gasteiger charge is 1.81. The maximum absolute atomic E-state index is 8.54. The molecule has 2 aromatic carbocycles. The Bertz CT molecular complexity index is 354. The minimum absolute atomic E-state index is 0.140. The van der Waals surface area contributed by atoms with Crippen molar-refractivity contribution in [3.63, 3.8) is 0 Å². The molecule has 0 aliphatic carbocycles. The Morgan fingerprint density at radius 1 is 0.800 bits per heavy atom. The van der Waals surface area contributed by atoms with Crippen LogP contribution in [0.15, 0.2) is 60.7 Å². The van der Waals surface area contributed by atoms with Crippen LogP contribution >= 0.6 is 0 Å². The topological polar surface area (TPSA) is 20.2 Å². The van der Waals surface area contributed by atoms with Gasteiger partial charge in [0, 0.05) is 0 Å². The fourth-order valence-corrected chi connectivity index (χ4v) is 1.12. The highest BCUT2D eigenvalue weighted by Crippen LogP contribution is 1.95. The van der Waals surface area contributed by atoms with Crippen LogP contribution in [0, 0.1) is 6.92 Å². The SMILES string of the molecule is Cc1ccccc1.OCc1ccccc1. The van der Waals surface area contributed by atoms with Gasteiger partial charge >= 0.3 is 0 Å². The molecule has 0 aromatic heterocycles. The third-order valence-electron chi connectivity index (χ3n) is 1.97. The Labute approximate surface area is 91.0 Å². The van der Waals surface area contributed by atoms with Gasteiger partial charge < -0.3 is 5.11 Å². The lowest BCUT2D eigenvalue weighted by atomic mass is 10.2. The third kappa shape index (κ3) is 4.99. The minimum atomic E-state index is 0.140. The van der Waals surface area contributed by atoms with Crippen molar-refractivity contribution in [1.29, 1.82) is 0 Å². The number of benzene rings is 2. The van der Waals surface area contributed by atoms with Gasteiger partial charge in [-0.3, -0.25) is 0 Å². The molecule has 1 heteroatoms. The predicted molar refractivity (Wildman–Crippen MR) is 63.5 cm³/mol. The molecule has 78 valence electrons. The van der Waals surface area contributed by atoms with Crippen molar-refractivity contribution in [3.8, 4) is 0 Å². The van der Waals surface area contributed by atoms with E-state index < -0.39 is 0 Å². The Morgan fingerprint density at radius 3 is 1.53 bits per heavy atom. The molecule has 0 heterocycles. The van der Waals surface area contributed by atoms with Gasteiger partial charge in [-0.2, -0.15) is 0 Å². The van der Waals surface area contributed by atoms with E-state index in [2.05, 4.69) is 19.1 Å². The predicted octanol–water partition coefficient (Wildman–Crippen LogP) is 3.17. The molecule has 0 aliphatic rings. The van der Waals surface area contributed by atoms with Gasteiger partial charge in [-0.25, -0.2) is 0 Å². The monoisotopic (exact) mass is 200 g/mol. The normalized spacial score (nSPS) is 8.93. The summed E-state index contributed by atoms with van der Waals surface area (Å²) in [6, 6.07) is 19.8. The van der Waals surface area contributed by atoms with Gasteiger partial charge in [0.2, 0.25) is 0 Å². The van der Waals surface area contributed by atoms with E-state index in [1.165, 1.54) is 5.56 Å². The van der Waals surface area contributed by atoms with Crippen LogP contribution in [-0.2, 0) is 6.61 Å². The van der Waals surface area contributed by atoms with Crippen LogP contribution in [0.3, 0.4) is 0 Å². The van der Waals surface area contributed by atoms with Crippen LogP contribution in [0.1, 0.15) is 11.1 Å². The maximum atomic E-state index is 8.54. The van der Waals surface area contributed by atoms with Crippen molar-refractivity contribution in [3.05, 3.63) is 71.8 Å². The van der Waals surface area contributed by atoms with Gasteiger partial charge in [0.1, 0.15) is 0 Å². The summed E-state index contributed by atoms with van der Waals surface area (Å²) in [4.78, 5) is 0. The highest BCUT2D eigenvalue weighted by atomic mass is 16.3. The molecule has 1 N–H and O–H groups in total. The van der Waals surface area contributed by atoms with Crippen LogP contribution in [0.2, 0.25) is 0 Å². The van der Waals surface area contributed by atoms with Gasteiger partial charge in [-0.15, -0.1) is 0 Å². The summed E-state index contributed by atoms with van der Waals surface area (Å²) < 4.78 is 0. The number of aliphatic hydroxyl groups excluding tert-OH is 1. The Balaban J connectivity index is 0.000000151. The fraction of sp³-hybridized carbons (Fsp3) is 0.143. The highest BCUT2D eigenvalue weighted by molar-refractivity contribution is 5.13. The number of hydrogen-bond donors (Lipinski definition) is 1. The number of aliphatic hydroxyl groups is 1. The molecule has 0 amide bonds. The quantitative estimate of drug-likeness (QED) is 0.749. The molecular formula is C14H16O. The zero-order valence-corrected chi connectivity index (χ0v) is 8.93. The van der Waals surface area contributed by atoms with Crippen molar-refractivity contribution in [1.82, 2.24) is 0 Å². The fourth-order valence-electron chi connectivity index (χ4n) is 1.12. The minimum Gasteiger partial charge on any atom is -0.392 e. The molecule has 0 radical (unpaired) electrons. The Hall–Kier alpha value is -1.60. The average molecular weight is 200 g/mol. The molecule has 0 aliphatic heterocycles. The van der Waals surface area contributed by atoms with Crippen LogP contribution in [0.5, 0.6) is 0 Å². The van der Waals surface area contributed by atoms with E-state index in [1.807, 2.05) is 48.5 Å². The van der Waals surface area contributed by atoms with Gasteiger partial charge in [0.15, 0.2) is 0 Å². The molecular weight excluding hydrogens is 184 g/mol. The number of rotatable bonds is 1. The second-order valence-corrected chi connectivity index (χ2v) is 3.30. The summed E-state index contributed by atoms with van der Waals surface area (Å²) in [6.07, 6.45) is 0. The summed E-state index contributed by atoms with van der Waals surface area (Å²) >= 11 is 0. The molecule has 0 spiro atoms. The van der Waals surface area contributed by atoms with E-state index in [0.717, 1.165) is 5.56 Å². The number of hydrogen-bond acceptors (Lipinski definition) is 1. The van der Waals surface area contributed by atoms with Crippen LogP contribution in [-0.4, -0.2) is 5.11 Å². The van der Waals surface area contributed by atoms with E-state index >= 15 is 0 Å². The first-order valence-electron chi connectivity index (χ1n) is 4.99. The van der Waals surface area contributed by atoms with Crippen molar-refractivity contribution in [2.75, 3.05) is 0 Å². The summed E-state index contributed by atoms with van der Waals surface area (Å²) in [6.45, 7) is 2.22. The Kier molecular flexibility index (Phi) is 5.20. The lowest BCUT2D eigenvalue weighted by Crippen LogP contribution is -1.77. The molecule has 2 rings (SSSR count). The van der Waals surface area contributed by atoms with E-state index in [9.17, 15) is 0 Å². The summed E-state index contributed by atoms with van der Waals surface area (Å²) in [5.74, 6) is 0. The second kappa shape index (κ2) is 6.80. The summed E-state index contributed by atoms with van der Waals surface area (Å²) in [5, 5.41) is 8.54. The van der Waals surface area contributed by atoms with Gasteiger partial charge in [-0.05, 0) is 12.5 Å². The van der Waals surface area contributed by atoms with Crippen LogP contribution in [0.4, 0.5) is 0 Å². The molecule has 0 fully saturated rings. The molecule has 0 unspecified atom stereocenters. The van der Waals surface area contributed by atoms with Crippen LogP contribution < -0.4 is 0 Å². The molecule has 0 atom stereocenters. The van der Waals surface area contributed by atoms with Gasteiger partial charge in [0.05, 0.1) is 6.61 Å². The van der Waals surface area contributed by atoms with Crippen molar-refractivity contribution >= 4 is 0 Å². The molecule has 15 heavy (non-hydrogen) atoms. The average Bonchev–Trinajstić information content (AvgIpc) is 2.32. The molecule has 2 aromatic rings. The van der Waals surface area contributed by atoms with Crippen molar-refractivity contribution in [2.24, 2.45) is 0 Å². The summed E-state index contributed by atoms with van der Waals surface area (Å²) in [7, 11) is 0. The largest absolute Gasteiger partial charge is 0.392 e. The molecule has 0 bridgehead atoms. The smallest absolute Gasteiger partial charge is 0.0681 e. The lowest BCUT2D eigenvalue weighted by Gasteiger charge is -1.89. The van der Waals surface area contributed by atoms with E-state index in [0.29, 0.717) is 0 Å². The summed E-state index contributed by atoms with van der Waals surface area (Å²) in [5.41, 5.74) is 2.29. The number of aryl methyl sites for hydroxylation is 1. The van der Waals surface area contributed by atoms with Crippen molar-refractivity contribution in [2.45, 2.75) is 13.5 Å². The van der Waals surface area contributed by atoms with E-state index in [1.54, 1.807) is 0 Å². The molecule has 1 nitrogen and oxygen atoms in total. The Morgan fingerprint density at radius 2 is 1.27 bits per heavy atom. The zero-order valence-electron chi connectivity index (χ0n) is 8.93. The standard InChI is InChI=1S/C7H8O.C7H8/c8-6-7-4-2-1-3-5-7;1-7-5-3-2-4-6-7/h1-5,8H,6H2;2-6H,1H3. The van der Waals surface area contributed by atoms with Crippen molar-refractivity contribution < 1.29 is 5.11 Å². The van der Waals surface area contributed by atoms with Gasteiger partial charge in [0.25, 0.3) is 0 Å². The van der Waals surface area contributed by atoms with E-state index in [-0.39, 0.29) is 6.61 Å². The first-order chi connectivity index (χ1) is 7.33. The maximum Gasteiger partial charge on any atom is 0.0681 e. The third-order valence-corrected chi connectivity index (χ3v) is 1.97. The van der Waals surface area contributed by atoms with E-state index in [4.69, 9.17) is 5.11 Å². The lowest BCUT2D eigenvalue weighted by molar-refractivity contribution is 0.282.